The Balaban J connectivity index is 1.96. The lowest BCUT2D eigenvalue weighted by atomic mass is 10.1. The number of likely N-dealkylation sites (tertiary alicyclic amines) is 1. The zero-order valence-electron chi connectivity index (χ0n) is 8.43. The topological polar surface area (TPSA) is 49.2 Å². The maximum Gasteiger partial charge on any atom is 0.151 e. The second kappa shape index (κ2) is 4.88. The SMILES string of the molecule is OCC1CCN(Cc2nccnc2Cl)C1. The smallest absolute Gasteiger partial charge is 0.151 e. The average Bonchev–Trinajstić information content (AvgIpc) is 2.69. The van der Waals surface area contributed by atoms with Gasteiger partial charge in [0, 0.05) is 32.1 Å². The molecule has 0 spiro atoms. The summed E-state index contributed by atoms with van der Waals surface area (Å²) >= 11 is 5.92. The van der Waals surface area contributed by atoms with Crippen molar-refractivity contribution in [1.82, 2.24) is 14.9 Å². The van der Waals surface area contributed by atoms with Crippen molar-refractivity contribution in [2.75, 3.05) is 19.7 Å². The monoisotopic (exact) mass is 227 g/mol. The van der Waals surface area contributed by atoms with E-state index in [-0.39, 0.29) is 6.61 Å². The van der Waals surface area contributed by atoms with Crippen LogP contribution >= 0.6 is 11.6 Å². The minimum absolute atomic E-state index is 0.269. The molecule has 0 amide bonds. The molecule has 0 aliphatic carbocycles. The molecule has 5 heteroatoms. The van der Waals surface area contributed by atoms with Gasteiger partial charge in [0.1, 0.15) is 0 Å². The molecule has 1 unspecified atom stereocenters. The summed E-state index contributed by atoms with van der Waals surface area (Å²) in [6.07, 6.45) is 4.29. The number of aromatic nitrogens is 2. The Morgan fingerprint density at radius 3 is 2.93 bits per heavy atom. The highest BCUT2D eigenvalue weighted by Gasteiger charge is 2.22. The maximum atomic E-state index is 9.02. The molecule has 82 valence electrons. The van der Waals surface area contributed by atoms with Gasteiger partial charge in [0.05, 0.1) is 5.69 Å². The molecule has 0 aromatic carbocycles. The fourth-order valence-corrected chi connectivity index (χ4v) is 2.04. The Morgan fingerprint density at radius 2 is 2.27 bits per heavy atom. The van der Waals surface area contributed by atoms with Crippen LogP contribution in [0.5, 0.6) is 0 Å². The van der Waals surface area contributed by atoms with Gasteiger partial charge in [-0.2, -0.15) is 0 Å². The van der Waals surface area contributed by atoms with Crippen molar-refractivity contribution in [1.29, 1.82) is 0 Å². The van der Waals surface area contributed by atoms with Crippen molar-refractivity contribution in [3.8, 4) is 0 Å². The van der Waals surface area contributed by atoms with Gasteiger partial charge in [0.15, 0.2) is 5.15 Å². The molecule has 0 radical (unpaired) electrons. The van der Waals surface area contributed by atoms with Crippen molar-refractivity contribution in [3.05, 3.63) is 23.2 Å². The summed E-state index contributed by atoms with van der Waals surface area (Å²) in [7, 11) is 0. The van der Waals surface area contributed by atoms with Crippen LogP contribution in [0, 0.1) is 5.92 Å². The largest absolute Gasteiger partial charge is 0.396 e. The molecule has 1 N–H and O–H groups in total. The van der Waals surface area contributed by atoms with Crippen LogP contribution in [0.15, 0.2) is 12.4 Å². The van der Waals surface area contributed by atoms with Crippen LogP contribution in [0.25, 0.3) is 0 Å². The lowest BCUT2D eigenvalue weighted by Crippen LogP contribution is -2.21. The van der Waals surface area contributed by atoms with Crippen LogP contribution in [0.1, 0.15) is 12.1 Å². The Hall–Kier alpha value is -0.710. The van der Waals surface area contributed by atoms with E-state index in [4.69, 9.17) is 16.7 Å². The minimum atomic E-state index is 0.269. The Morgan fingerprint density at radius 1 is 1.47 bits per heavy atom. The molecule has 1 aromatic heterocycles. The number of hydrogen-bond acceptors (Lipinski definition) is 4. The van der Waals surface area contributed by atoms with E-state index in [1.807, 2.05) is 0 Å². The molecule has 1 atom stereocenters. The molecular weight excluding hydrogens is 214 g/mol. The van der Waals surface area contributed by atoms with Gasteiger partial charge in [-0.1, -0.05) is 11.6 Å². The highest BCUT2D eigenvalue weighted by molar-refractivity contribution is 6.29. The summed E-state index contributed by atoms with van der Waals surface area (Å²) < 4.78 is 0. The van der Waals surface area contributed by atoms with Crippen molar-refractivity contribution in [3.63, 3.8) is 0 Å². The van der Waals surface area contributed by atoms with Crippen LogP contribution in [-0.4, -0.2) is 39.7 Å². The van der Waals surface area contributed by atoms with Gasteiger partial charge in [0.2, 0.25) is 0 Å². The Kier molecular flexibility index (Phi) is 3.51. The van der Waals surface area contributed by atoms with Crippen LogP contribution in [0.3, 0.4) is 0 Å². The van der Waals surface area contributed by atoms with Crippen LogP contribution in [0.4, 0.5) is 0 Å². The van der Waals surface area contributed by atoms with E-state index in [1.54, 1.807) is 12.4 Å². The quantitative estimate of drug-likeness (QED) is 0.835. The molecule has 2 heterocycles. The molecule has 15 heavy (non-hydrogen) atoms. The molecule has 0 bridgehead atoms. The van der Waals surface area contributed by atoms with Gasteiger partial charge in [-0.25, -0.2) is 4.98 Å². The fourth-order valence-electron chi connectivity index (χ4n) is 1.87. The Bertz CT molecular complexity index is 334. The summed E-state index contributed by atoms with van der Waals surface area (Å²) in [5.41, 5.74) is 0.817. The molecule has 1 aromatic rings. The highest BCUT2D eigenvalue weighted by atomic mass is 35.5. The second-order valence-electron chi connectivity index (χ2n) is 3.87. The fraction of sp³-hybridized carbons (Fsp3) is 0.600. The lowest BCUT2D eigenvalue weighted by Gasteiger charge is -2.14. The third-order valence-corrected chi connectivity index (χ3v) is 3.04. The summed E-state index contributed by atoms with van der Waals surface area (Å²) in [6, 6.07) is 0. The first-order valence-corrected chi connectivity index (χ1v) is 5.46. The summed E-state index contributed by atoms with van der Waals surface area (Å²) in [5, 5.41) is 9.50. The first kappa shape index (κ1) is 10.8. The van der Waals surface area contributed by atoms with E-state index < -0.39 is 0 Å². The van der Waals surface area contributed by atoms with Crippen molar-refractivity contribution in [2.45, 2.75) is 13.0 Å². The number of aliphatic hydroxyl groups excluding tert-OH is 1. The first-order chi connectivity index (χ1) is 7.29. The van der Waals surface area contributed by atoms with Crippen molar-refractivity contribution in [2.24, 2.45) is 5.92 Å². The molecule has 4 nitrogen and oxygen atoms in total. The Labute approximate surface area is 93.9 Å². The van der Waals surface area contributed by atoms with E-state index in [1.165, 1.54) is 0 Å². The number of nitrogens with zero attached hydrogens (tertiary/aromatic N) is 3. The zero-order chi connectivity index (χ0) is 10.7. The number of halogens is 1. The van der Waals surface area contributed by atoms with Crippen molar-refractivity contribution >= 4 is 11.6 Å². The normalized spacial score (nSPS) is 22.1. The van der Waals surface area contributed by atoms with Crippen LogP contribution in [-0.2, 0) is 6.54 Å². The number of hydrogen-bond donors (Lipinski definition) is 1. The maximum absolute atomic E-state index is 9.02. The summed E-state index contributed by atoms with van der Waals surface area (Å²) in [5.74, 6) is 0.403. The molecule has 0 saturated carbocycles. The average molecular weight is 228 g/mol. The minimum Gasteiger partial charge on any atom is -0.396 e. The third-order valence-electron chi connectivity index (χ3n) is 2.72. The number of aliphatic hydroxyl groups is 1. The van der Waals surface area contributed by atoms with Gasteiger partial charge in [0.25, 0.3) is 0 Å². The van der Waals surface area contributed by atoms with E-state index in [2.05, 4.69) is 14.9 Å². The van der Waals surface area contributed by atoms with Crippen molar-refractivity contribution < 1.29 is 5.11 Å². The van der Waals surface area contributed by atoms with E-state index in [0.717, 1.165) is 31.7 Å². The van der Waals surface area contributed by atoms with E-state index in [0.29, 0.717) is 11.1 Å². The zero-order valence-corrected chi connectivity index (χ0v) is 9.19. The summed E-state index contributed by atoms with van der Waals surface area (Å²) in [4.78, 5) is 10.4. The van der Waals surface area contributed by atoms with Crippen LogP contribution in [0.2, 0.25) is 5.15 Å². The van der Waals surface area contributed by atoms with Gasteiger partial charge in [-0.3, -0.25) is 9.88 Å². The number of rotatable bonds is 3. The first-order valence-electron chi connectivity index (χ1n) is 5.08. The summed E-state index contributed by atoms with van der Waals surface area (Å²) in [6.45, 7) is 2.91. The predicted molar refractivity (Wildman–Crippen MR) is 57.5 cm³/mol. The van der Waals surface area contributed by atoms with Crippen LogP contribution < -0.4 is 0 Å². The van der Waals surface area contributed by atoms with Gasteiger partial charge in [-0.05, 0) is 18.9 Å². The molecule has 2 rings (SSSR count). The van der Waals surface area contributed by atoms with Gasteiger partial charge < -0.3 is 5.11 Å². The lowest BCUT2D eigenvalue weighted by molar-refractivity contribution is 0.219. The molecule has 1 aliphatic heterocycles. The second-order valence-corrected chi connectivity index (χ2v) is 4.22. The molecule has 1 fully saturated rings. The van der Waals surface area contributed by atoms with E-state index >= 15 is 0 Å². The molecule has 1 aliphatic rings. The standard InChI is InChI=1S/C10H14ClN3O/c11-10-9(12-2-3-13-10)6-14-4-1-8(5-14)7-15/h2-3,8,15H,1,4-7H2. The highest BCUT2D eigenvalue weighted by Crippen LogP contribution is 2.19. The molecule has 1 saturated heterocycles. The van der Waals surface area contributed by atoms with Gasteiger partial charge in [-0.15, -0.1) is 0 Å². The van der Waals surface area contributed by atoms with Gasteiger partial charge >= 0.3 is 0 Å². The predicted octanol–water partition coefficient (Wildman–Crippen LogP) is 0.944. The third kappa shape index (κ3) is 2.65. The molecular formula is C10H14ClN3O. The van der Waals surface area contributed by atoms with E-state index in [9.17, 15) is 0 Å².